The molecule has 0 aliphatic carbocycles. The lowest BCUT2D eigenvalue weighted by Gasteiger charge is -2.10. The van der Waals surface area contributed by atoms with Gasteiger partial charge in [0.05, 0.1) is 7.11 Å². The SMILES string of the molecule is COc1ccc(CCNc2cc(C(=O)NCc3cccc(C)c3)nc(C)n2)cc1. The van der Waals surface area contributed by atoms with Gasteiger partial charge in [-0.2, -0.15) is 0 Å². The summed E-state index contributed by atoms with van der Waals surface area (Å²) in [5, 5.41) is 6.20. The van der Waals surface area contributed by atoms with Crippen LogP contribution >= 0.6 is 0 Å². The van der Waals surface area contributed by atoms with E-state index in [1.165, 1.54) is 5.56 Å². The van der Waals surface area contributed by atoms with E-state index in [0.717, 1.165) is 23.3 Å². The molecule has 2 N–H and O–H groups in total. The molecule has 6 nitrogen and oxygen atoms in total. The Morgan fingerprint density at radius 2 is 1.79 bits per heavy atom. The van der Waals surface area contributed by atoms with Gasteiger partial charge in [0.1, 0.15) is 23.1 Å². The zero-order valence-corrected chi connectivity index (χ0v) is 17.0. The molecule has 1 heterocycles. The van der Waals surface area contributed by atoms with Crippen LogP contribution in [-0.4, -0.2) is 29.5 Å². The number of nitrogens with zero attached hydrogens (tertiary/aromatic N) is 2. The molecule has 3 aromatic rings. The van der Waals surface area contributed by atoms with Crippen molar-refractivity contribution in [2.24, 2.45) is 0 Å². The van der Waals surface area contributed by atoms with Crippen molar-refractivity contribution in [2.45, 2.75) is 26.8 Å². The van der Waals surface area contributed by atoms with Gasteiger partial charge in [-0.3, -0.25) is 4.79 Å². The highest BCUT2D eigenvalue weighted by molar-refractivity contribution is 5.92. The topological polar surface area (TPSA) is 76.1 Å². The summed E-state index contributed by atoms with van der Waals surface area (Å²) in [6, 6.07) is 17.7. The molecule has 0 spiro atoms. The van der Waals surface area contributed by atoms with Gasteiger partial charge < -0.3 is 15.4 Å². The molecule has 0 saturated heterocycles. The van der Waals surface area contributed by atoms with E-state index in [1.54, 1.807) is 20.1 Å². The van der Waals surface area contributed by atoms with Gasteiger partial charge in [0.15, 0.2) is 0 Å². The molecule has 29 heavy (non-hydrogen) atoms. The minimum Gasteiger partial charge on any atom is -0.497 e. The van der Waals surface area contributed by atoms with Gasteiger partial charge in [0.25, 0.3) is 5.91 Å². The first-order chi connectivity index (χ1) is 14.0. The molecular weight excluding hydrogens is 364 g/mol. The van der Waals surface area contributed by atoms with Crippen molar-refractivity contribution in [3.63, 3.8) is 0 Å². The van der Waals surface area contributed by atoms with Gasteiger partial charge in [-0.05, 0) is 43.5 Å². The zero-order chi connectivity index (χ0) is 20.6. The van der Waals surface area contributed by atoms with Crippen LogP contribution in [0.5, 0.6) is 5.75 Å². The van der Waals surface area contributed by atoms with Gasteiger partial charge in [-0.1, -0.05) is 42.0 Å². The molecule has 1 aromatic heterocycles. The highest BCUT2D eigenvalue weighted by atomic mass is 16.5. The molecule has 6 heteroatoms. The summed E-state index contributed by atoms with van der Waals surface area (Å²) in [5.74, 6) is 1.83. The Labute approximate surface area is 171 Å². The second-order valence-electron chi connectivity index (χ2n) is 6.88. The number of aryl methyl sites for hydroxylation is 2. The second kappa shape index (κ2) is 9.68. The van der Waals surface area contributed by atoms with Crippen molar-refractivity contribution < 1.29 is 9.53 Å². The van der Waals surface area contributed by atoms with Crippen molar-refractivity contribution in [1.82, 2.24) is 15.3 Å². The number of benzene rings is 2. The number of amides is 1. The highest BCUT2D eigenvalue weighted by Gasteiger charge is 2.10. The van der Waals surface area contributed by atoms with E-state index in [0.29, 0.717) is 30.4 Å². The number of carbonyl (C=O) groups is 1. The largest absolute Gasteiger partial charge is 0.497 e. The predicted octanol–water partition coefficient (Wildman–Crippen LogP) is 3.69. The number of methoxy groups -OCH3 is 1. The Kier molecular flexibility index (Phi) is 6.79. The van der Waals surface area contributed by atoms with E-state index < -0.39 is 0 Å². The van der Waals surface area contributed by atoms with E-state index in [-0.39, 0.29) is 5.91 Å². The molecule has 3 rings (SSSR count). The van der Waals surface area contributed by atoms with E-state index in [2.05, 4.69) is 26.7 Å². The molecule has 150 valence electrons. The van der Waals surface area contributed by atoms with Gasteiger partial charge in [0, 0.05) is 19.2 Å². The third-order valence-electron chi connectivity index (χ3n) is 4.48. The fourth-order valence-electron chi connectivity index (χ4n) is 3.00. The smallest absolute Gasteiger partial charge is 0.270 e. The van der Waals surface area contributed by atoms with Gasteiger partial charge in [-0.25, -0.2) is 9.97 Å². The Morgan fingerprint density at radius 3 is 2.52 bits per heavy atom. The lowest BCUT2D eigenvalue weighted by Crippen LogP contribution is -2.24. The number of rotatable bonds is 8. The molecule has 0 atom stereocenters. The van der Waals surface area contributed by atoms with Gasteiger partial charge in [0.2, 0.25) is 0 Å². The Morgan fingerprint density at radius 1 is 1.00 bits per heavy atom. The van der Waals surface area contributed by atoms with Crippen LogP contribution < -0.4 is 15.4 Å². The lowest BCUT2D eigenvalue weighted by atomic mass is 10.1. The molecule has 0 aliphatic heterocycles. The first kappa shape index (κ1) is 20.3. The number of carbonyl (C=O) groups excluding carboxylic acids is 1. The summed E-state index contributed by atoms with van der Waals surface area (Å²) in [7, 11) is 1.66. The van der Waals surface area contributed by atoms with E-state index in [1.807, 2.05) is 49.4 Å². The molecule has 0 saturated carbocycles. The van der Waals surface area contributed by atoms with E-state index in [4.69, 9.17) is 4.74 Å². The van der Waals surface area contributed by atoms with Crippen LogP contribution in [-0.2, 0) is 13.0 Å². The quantitative estimate of drug-likeness (QED) is 0.614. The van der Waals surface area contributed by atoms with Crippen molar-refractivity contribution in [1.29, 1.82) is 0 Å². The molecule has 0 unspecified atom stereocenters. The summed E-state index contributed by atoms with van der Waals surface area (Å²) < 4.78 is 5.18. The predicted molar refractivity (Wildman–Crippen MR) is 114 cm³/mol. The van der Waals surface area contributed by atoms with Crippen LogP contribution in [0.4, 0.5) is 5.82 Å². The average Bonchev–Trinajstić information content (AvgIpc) is 2.72. The van der Waals surface area contributed by atoms with Crippen LogP contribution in [0.15, 0.2) is 54.6 Å². The summed E-state index contributed by atoms with van der Waals surface area (Å²) in [6.45, 7) is 4.98. The maximum atomic E-state index is 12.5. The lowest BCUT2D eigenvalue weighted by molar-refractivity contribution is 0.0945. The number of hydrogen-bond donors (Lipinski definition) is 2. The van der Waals surface area contributed by atoms with Crippen LogP contribution in [0, 0.1) is 13.8 Å². The molecule has 2 aromatic carbocycles. The van der Waals surface area contributed by atoms with E-state index >= 15 is 0 Å². The minimum atomic E-state index is -0.213. The first-order valence-electron chi connectivity index (χ1n) is 9.60. The summed E-state index contributed by atoms with van der Waals surface area (Å²) in [4.78, 5) is 21.2. The monoisotopic (exact) mass is 390 g/mol. The normalized spacial score (nSPS) is 10.4. The molecule has 0 radical (unpaired) electrons. The van der Waals surface area contributed by atoms with Crippen LogP contribution in [0.2, 0.25) is 0 Å². The number of ether oxygens (including phenoxy) is 1. The van der Waals surface area contributed by atoms with Crippen molar-refractivity contribution in [3.05, 3.63) is 82.8 Å². The minimum absolute atomic E-state index is 0.213. The number of hydrogen-bond acceptors (Lipinski definition) is 5. The fourth-order valence-corrected chi connectivity index (χ4v) is 3.00. The van der Waals surface area contributed by atoms with Crippen LogP contribution in [0.1, 0.15) is 33.0 Å². The molecule has 0 bridgehead atoms. The van der Waals surface area contributed by atoms with Crippen LogP contribution in [0.25, 0.3) is 0 Å². The van der Waals surface area contributed by atoms with Crippen molar-refractivity contribution in [2.75, 3.05) is 19.0 Å². The summed E-state index contributed by atoms with van der Waals surface area (Å²) in [6.07, 6.45) is 0.835. The highest BCUT2D eigenvalue weighted by Crippen LogP contribution is 2.12. The Bertz CT molecular complexity index is 971. The second-order valence-corrected chi connectivity index (χ2v) is 6.88. The number of aromatic nitrogens is 2. The van der Waals surface area contributed by atoms with Crippen molar-refractivity contribution >= 4 is 11.7 Å². The van der Waals surface area contributed by atoms with E-state index in [9.17, 15) is 4.79 Å². The zero-order valence-electron chi connectivity index (χ0n) is 17.0. The summed E-state index contributed by atoms with van der Waals surface area (Å²) >= 11 is 0. The third-order valence-corrected chi connectivity index (χ3v) is 4.48. The molecular formula is C23H26N4O2. The van der Waals surface area contributed by atoms with Gasteiger partial charge >= 0.3 is 0 Å². The van der Waals surface area contributed by atoms with Crippen molar-refractivity contribution in [3.8, 4) is 5.75 Å². The molecule has 0 aliphatic rings. The average molecular weight is 390 g/mol. The standard InChI is InChI=1S/C23H26N4O2/c1-16-5-4-6-19(13-16)15-25-23(28)21-14-22(27-17(2)26-21)24-12-11-18-7-9-20(29-3)10-8-18/h4-10,13-14H,11-12,15H2,1-3H3,(H,25,28)(H,24,26,27). The molecule has 0 fully saturated rings. The molecule has 1 amide bonds. The fraction of sp³-hybridized carbons (Fsp3) is 0.261. The third kappa shape index (κ3) is 6.04. The first-order valence-corrected chi connectivity index (χ1v) is 9.60. The summed E-state index contributed by atoms with van der Waals surface area (Å²) in [5.41, 5.74) is 3.78. The maximum Gasteiger partial charge on any atom is 0.270 e. The van der Waals surface area contributed by atoms with Crippen LogP contribution in [0.3, 0.4) is 0 Å². The van der Waals surface area contributed by atoms with Gasteiger partial charge in [-0.15, -0.1) is 0 Å². The Balaban J connectivity index is 1.57. The number of anilines is 1. The Hall–Kier alpha value is -3.41. The maximum absolute atomic E-state index is 12.5. The number of nitrogens with one attached hydrogen (secondary N) is 2.